The standard InChI is InChI=1S/C50H36N4/c1-3-15-35(4-2)45-33-47(53-49(51-45)41-18-10-6-11-19-41)39-28-24-36(25-29-39)43-22-14-23-44(32-43)37-26-30-40(31-27-37)48-34-46(38-16-8-5-9-17-38)52-50(54-48)42-20-12-7-13-21-42/h3-34H,1-2H2/b35-15+. The maximum atomic E-state index is 5.00. The minimum absolute atomic E-state index is 0.663. The van der Waals surface area contributed by atoms with Crippen LogP contribution in [-0.2, 0) is 0 Å². The van der Waals surface area contributed by atoms with E-state index in [1.165, 1.54) is 0 Å². The van der Waals surface area contributed by atoms with Crippen molar-refractivity contribution in [3.63, 3.8) is 0 Å². The van der Waals surface area contributed by atoms with E-state index in [-0.39, 0.29) is 0 Å². The smallest absolute Gasteiger partial charge is 0.160 e. The summed E-state index contributed by atoms with van der Waals surface area (Å²) < 4.78 is 0. The molecule has 0 N–H and O–H groups in total. The first-order chi connectivity index (χ1) is 26.6. The van der Waals surface area contributed by atoms with Gasteiger partial charge in [0.05, 0.1) is 22.8 Å². The zero-order valence-corrected chi connectivity index (χ0v) is 29.7. The number of nitrogens with zero attached hydrogens (tertiary/aromatic N) is 4. The number of aromatic nitrogens is 4. The average Bonchev–Trinajstić information content (AvgIpc) is 3.26. The Morgan fingerprint density at radius 1 is 0.352 bits per heavy atom. The van der Waals surface area contributed by atoms with E-state index in [4.69, 9.17) is 19.9 Å². The molecular weight excluding hydrogens is 657 g/mol. The van der Waals surface area contributed by atoms with Crippen LogP contribution in [0.5, 0.6) is 0 Å². The molecule has 4 heteroatoms. The van der Waals surface area contributed by atoms with Crippen LogP contribution in [0.1, 0.15) is 5.69 Å². The molecule has 0 aliphatic carbocycles. The largest absolute Gasteiger partial charge is 0.228 e. The number of hydrogen-bond acceptors (Lipinski definition) is 4. The molecule has 2 heterocycles. The molecule has 0 unspecified atom stereocenters. The van der Waals surface area contributed by atoms with Gasteiger partial charge < -0.3 is 0 Å². The third-order valence-corrected chi connectivity index (χ3v) is 9.29. The van der Waals surface area contributed by atoms with Gasteiger partial charge in [-0.1, -0.05) is 189 Å². The Balaban J connectivity index is 1.08. The molecule has 0 aliphatic rings. The van der Waals surface area contributed by atoms with Crippen LogP contribution in [0, 0.1) is 0 Å². The van der Waals surface area contributed by atoms with E-state index in [0.717, 1.165) is 78.4 Å². The molecule has 0 radical (unpaired) electrons. The second-order valence-corrected chi connectivity index (χ2v) is 12.8. The van der Waals surface area contributed by atoms with E-state index in [2.05, 4.69) is 104 Å². The Hall–Kier alpha value is -7.30. The van der Waals surface area contributed by atoms with Gasteiger partial charge in [-0.3, -0.25) is 0 Å². The first kappa shape index (κ1) is 33.8. The topological polar surface area (TPSA) is 51.6 Å². The lowest BCUT2D eigenvalue weighted by molar-refractivity contribution is 1.16. The summed E-state index contributed by atoms with van der Waals surface area (Å²) in [6, 6.07) is 60.3. The quantitative estimate of drug-likeness (QED) is 0.134. The Morgan fingerprint density at radius 3 is 1.20 bits per heavy atom. The Kier molecular flexibility index (Phi) is 9.72. The summed E-state index contributed by atoms with van der Waals surface area (Å²) in [4.78, 5) is 19.8. The third-order valence-electron chi connectivity index (χ3n) is 9.29. The summed E-state index contributed by atoms with van der Waals surface area (Å²) in [5, 5.41) is 0. The van der Waals surface area contributed by atoms with Gasteiger partial charge in [0.25, 0.3) is 0 Å². The van der Waals surface area contributed by atoms with Gasteiger partial charge in [0, 0.05) is 27.8 Å². The van der Waals surface area contributed by atoms with Crippen molar-refractivity contribution in [2.24, 2.45) is 0 Å². The van der Waals surface area contributed by atoms with E-state index >= 15 is 0 Å². The Bertz CT molecular complexity index is 2530. The summed E-state index contributed by atoms with van der Waals surface area (Å²) in [6.07, 6.45) is 5.46. The van der Waals surface area contributed by atoms with Gasteiger partial charge in [-0.05, 0) is 46.0 Å². The Labute approximate surface area is 316 Å². The average molecular weight is 693 g/mol. The number of hydrogen-bond donors (Lipinski definition) is 0. The zero-order chi connectivity index (χ0) is 36.7. The van der Waals surface area contributed by atoms with E-state index in [0.29, 0.717) is 11.6 Å². The van der Waals surface area contributed by atoms with Crippen molar-refractivity contribution in [1.82, 2.24) is 19.9 Å². The SMILES string of the molecule is C=C/C=C(\C=C)c1cc(-c2ccc(-c3cccc(-c4ccc(-c5cc(-c6ccccc6)nc(-c6ccccc6)n5)cc4)c3)cc2)nc(-c2ccccc2)n1. The van der Waals surface area contributed by atoms with Crippen molar-refractivity contribution < 1.29 is 0 Å². The van der Waals surface area contributed by atoms with E-state index < -0.39 is 0 Å². The molecule has 0 spiro atoms. The van der Waals surface area contributed by atoms with Crippen molar-refractivity contribution >= 4 is 5.57 Å². The summed E-state index contributed by atoms with van der Waals surface area (Å²) in [6.45, 7) is 7.87. The molecule has 0 saturated carbocycles. The van der Waals surface area contributed by atoms with Gasteiger partial charge in [0.15, 0.2) is 11.6 Å². The van der Waals surface area contributed by atoms with Gasteiger partial charge in [0.1, 0.15) is 0 Å². The van der Waals surface area contributed by atoms with Crippen molar-refractivity contribution in [1.29, 1.82) is 0 Å². The molecule has 54 heavy (non-hydrogen) atoms. The van der Waals surface area contributed by atoms with Crippen LogP contribution in [-0.4, -0.2) is 19.9 Å². The lowest BCUT2D eigenvalue weighted by atomic mass is 9.97. The predicted molar refractivity (Wildman–Crippen MR) is 224 cm³/mol. The molecule has 8 rings (SSSR count). The molecule has 2 aromatic heterocycles. The van der Waals surface area contributed by atoms with Crippen LogP contribution in [0.4, 0.5) is 0 Å². The van der Waals surface area contributed by atoms with E-state index in [1.54, 1.807) is 12.2 Å². The number of rotatable bonds is 10. The maximum Gasteiger partial charge on any atom is 0.160 e. The highest BCUT2D eigenvalue weighted by Crippen LogP contribution is 2.32. The number of allylic oxidation sites excluding steroid dienone is 4. The first-order valence-electron chi connectivity index (χ1n) is 17.9. The second kappa shape index (κ2) is 15.5. The van der Waals surface area contributed by atoms with Crippen molar-refractivity contribution in [3.05, 3.63) is 213 Å². The third kappa shape index (κ3) is 7.36. The molecule has 0 bridgehead atoms. The molecule has 6 aromatic carbocycles. The van der Waals surface area contributed by atoms with Crippen molar-refractivity contribution in [2.75, 3.05) is 0 Å². The van der Waals surface area contributed by atoms with Crippen LogP contribution < -0.4 is 0 Å². The van der Waals surface area contributed by atoms with Gasteiger partial charge in [-0.2, -0.15) is 0 Å². The van der Waals surface area contributed by atoms with Crippen LogP contribution >= 0.6 is 0 Å². The monoisotopic (exact) mass is 692 g/mol. The van der Waals surface area contributed by atoms with Gasteiger partial charge in [-0.15, -0.1) is 0 Å². The fraction of sp³-hybridized carbons (Fsp3) is 0. The molecule has 0 saturated heterocycles. The molecule has 0 amide bonds. The fourth-order valence-electron chi connectivity index (χ4n) is 6.46. The molecule has 0 aliphatic heterocycles. The van der Waals surface area contributed by atoms with E-state index in [9.17, 15) is 0 Å². The summed E-state index contributed by atoms with van der Waals surface area (Å²) in [5.74, 6) is 1.37. The summed E-state index contributed by atoms with van der Waals surface area (Å²) in [7, 11) is 0. The van der Waals surface area contributed by atoms with Crippen LogP contribution in [0.25, 0.3) is 84.4 Å². The molecular formula is C50H36N4. The summed E-state index contributed by atoms with van der Waals surface area (Å²) >= 11 is 0. The summed E-state index contributed by atoms with van der Waals surface area (Å²) in [5.41, 5.74) is 13.9. The fourth-order valence-corrected chi connectivity index (χ4v) is 6.46. The van der Waals surface area contributed by atoms with Crippen molar-refractivity contribution in [3.8, 4) is 78.8 Å². The molecule has 8 aromatic rings. The van der Waals surface area contributed by atoms with Crippen LogP contribution in [0.15, 0.2) is 207 Å². The van der Waals surface area contributed by atoms with Gasteiger partial charge >= 0.3 is 0 Å². The lowest BCUT2D eigenvalue weighted by Crippen LogP contribution is -1.97. The number of benzene rings is 6. The molecule has 0 fully saturated rings. The molecule has 0 atom stereocenters. The lowest BCUT2D eigenvalue weighted by Gasteiger charge is -2.11. The molecule has 4 nitrogen and oxygen atoms in total. The zero-order valence-electron chi connectivity index (χ0n) is 29.7. The highest BCUT2D eigenvalue weighted by molar-refractivity contribution is 5.80. The van der Waals surface area contributed by atoms with Crippen LogP contribution in [0.2, 0.25) is 0 Å². The first-order valence-corrected chi connectivity index (χ1v) is 17.9. The van der Waals surface area contributed by atoms with Crippen molar-refractivity contribution in [2.45, 2.75) is 0 Å². The minimum atomic E-state index is 0.663. The minimum Gasteiger partial charge on any atom is -0.228 e. The Morgan fingerprint density at radius 2 is 0.741 bits per heavy atom. The highest BCUT2D eigenvalue weighted by Gasteiger charge is 2.13. The normalized spacial score (nSPS) is 11.2. The highest BCUT2D eigenvalue weighted by atomic mass is 14.9. The maximum absolute atomic E-state index is 5.00. The molecule has 256 valence electrons. The van der Waals surface area contributed by atoms with Gasteiger partial charge in [0.2, 0.25) is 0 Å². The van der Waals surface area contributed by atoms with E-state index in [1.807, 2.05) is 91.0 Å². The van der Waals surface area contributed by atoms with Gasteiger partial charge in [-0.25, -0.2) is 19.9 Å². The van der Waals surface area contributed by atoms with Crippen LogP contribution in [0.3, 0.4) is 0 Å². The second-order valence-electron chi connectivity index (χ2n) is 12.8. The predicted octanol–water partition coefficient (Wildman–Crippen LogP) is 12.7.